The molecule has 0 aliphatic rings. The van der Waals surface area contributed by atoms with Crippen molar-refractivity contribution in [3.05, 3.63) is 35.4 Å². The number of carboxylic acid groups (broad SMARTS) is 1. The SMILES string of the molecule is COCCCNCc1ccccc1C(=O)O.Cl. The molecule has 2 N–H and O–H groups in total. The molecule has 5 heteroatoms. The Hall–Kier alpha value is -1.10. The second-order valence-corrected chi connectivity index (χ2v) is 3.49. The predicted molar refractivity (Wildman–Crippen MR) is 68.8 cm³/mol. The molecule has 0 bridgehead atoms. The number of halogens is 1. The molecule has 4 nitrogen and oxygen atoms in total. The van der Waals surface area contributed by atoms with E-state index < -0.39 is 5.97 Å². The number of benzene rings is 1. The van der Waals surface area contributed by atoms with Crippen molar-refractivity contribution in [1.29, 1.82) is 0 Å². The first-order valence-corrected chi connectivity index (χ1v) is 5.26. The first-order valence-electron chi connectivity index (χ1n) is 5.26. The summed E-state index contributed by atoms with van der Waals surface area (Å²) in [7, 11) is 1.67. The van der Waals surface area contributed by atoms with E-state index in [0.29, 0.717) is 18.7 Å². The Labute approximate surface area is 107 Å². The van der Waals surface area contributed by atoms with Gasteiger partial charge in [-0.2, -0.15) is 0 Å². The highest BCUT2D eigenvalue weighted by molar-refractivity contribution is 5.89. The van der Waals surface area contributed by atoms with Gasteiger partial charge in [0.25, 0.3) is 0 Å². The molecule has 0 amide bonds. The number of methoxy groups -OCH3 is 1. The summed E-state index contributed by atoms with van der Waals surface area (Å²) in [6, 6.07) is 7.03. The van der Waals surface area contributed by atoms with E-state index in [4.69, 9.17) is 9.84 Å². The lowest BCUT2D eigenvalue weighted by molar-refractivity contribution is 0.0695. The molecular formula is C12H18ClNO3. The third-order valence-corrected chi connectivity index (χ3v) is 2.27. The number of hydrogen-bond acceptors (Lipinski definition) is 3. The first-order chi connectivity index (χ1) is 7.75. The van der Waals surface area contributed by atoms with Gasteiger partial charge in [-0.1, -0.05) is 18.2 Å². The van der Waals surface area contributed by atoms with E-state index in [1.54, 1.807) is 19.2 Å². The van der Waals surface area contributed by atoms with Gasteiger partial charge in [-0.05, 0) is 24.6 Å². The molecule has 0 saturated heterocycles. The van der Waals surface area contributed by atoms with Crippen LogP contribution >= 0.6 is 12.4 Å². The van der Waals surface area contributed by atoms with Gasteiger partial charge in [0, 0.05) is 20.3 Å². The number of hydrogen-bond donors (Lipinski definition) is 2. The molecule has 0 atom stereocenters. The zero-order valence-electron chi connectivity index (χ0n) is 9.81. The summed E-state index contributed by atoms with van der Waals surface area (Å²) in [5.74, 6) is -0.880. The van der Waals surface area contributed by atoms with Gasteiger partial charge in [-0.15, -0.1) is 12.4 Å². The van der Waals surface area contributed by atoms with Crippen molar-refractivity contribution in [2.75, 3.05) is 20.3 Å². The van der Waals surface area contributed by atoms with E-state index in [0.717, 1.165) is 18.5 Å². The maximum Gasteiger partial charge on any atom is 0.336 e. The van der Waals surface area contributed by atoms with Crippen LogP contribution in [0.1, 0.15) is 22.3 Å². The minimum atomic E-state index is -0.880. The highest BCUT2D eigenvalue weighted by Crippen LogP contribution is 2.08. The van der Waals surface area contributed by atoms with Crippen molar-refractivity contribution in [3.8, 4) is 0 Å². The summed E-state index contributed by atoms with van der Waals surface area (Å²) in [6.07, 6.45) is 0.922. The van der Waals surface area contributed by atoms with E-state index in [-0.39, 0.29) is 12.4 Å². The molecule has 0 radical (unpaired) electrons. The molecular weight excluding hydrogens is 242 g/mol. The van der Waals surface area contributed by atoms with Crippen LogP contribution in [0, 0.1) is 0 Å². The fourth-order valence-corrected chi connectivity index (χ4v) is 1.45. The average molecular weight is 260 g/mol. The largest absolute Gasteiger partial charge is 0.478 e. The van der Waals surface area contributed by atoms with Crippen LogP contribution in [-0.2, 0) is 11.3 Å². The average Bonchev–Trinajstić information content (AvgIpc) is 2.29. The number of carboxylic acids is 1. The van der Waals surface area contributed by atoms with Crippen LogP contribution in [0.15, 0.2) is 24.3 Å². The van der Waals surface area contributed by atoms with Crippen LogP contribution in [0.2, 0.25) is 0 Å². The molecule has 96 valence electrons. The Kier molecular flexibility index (Phi) is 8.40. The minimum absolute atomic E-state index is 0. The van der Waals surface area contributed by atoms with Crippen LogP contribution in [0.5, 0.6) is 0 Å². The Morgan fingerprint density at radius 3 is 2.76 bits per heavy atom. The number of rotatable bonds is 7. The molecule has 0 unspecified atom stereocenters. The first kappa shape index (κ1) is 15.9. The van der Waals surface area contributed by atoms with Crippen molar-refractivity contribution < 1.29 is 14.6 Å². The Balaban J connectivity index is 0.00000256. The summed E-state index contributed by atoms with van der Waals surface area (Å²) in [4.78, 5) is 10.9. The fourth-order valence-electron chi connectivity index (χ4n) is 1.45. The molecule has 1 aromatic rings. The maximum atomic E-state index is 10.9. The van der Waals surface area contributed by atoms with Crippen molar-refractivity contribution in [3.63, 3.8) is 0 Å². The van der Waals surface area contributed by atoms with Crippen LogP contribution in [0.25, 0.3) is 0 Å². The number of carbonyl (C=O) groups is 1. The summed E-state index contributed by atoms with van der Waals surface area (Å²) in [6.45, 7) is 2.11. The Morgan fingerprint density at radius 2 is 2.12 bits per heavy atom. The predicted octanol–water partition coefficient (Wildman–Crippen LogP) is 1.93. The van der Waals surface area contributed by atoms with Crippen LogP contribution < -0.4 is 5.32 Å². The lowest BCUT2D eigenvalue weighted by Gasteiger charge is -2.07. The van der Waals surface area contributed by atoms with Gasteiger partial charge in [0.1, 0.15) is 0 Å². The monoisotopic (exact) mass is 259 g/mol. The van der Waals surface area contributed by atoms with Gasteiger partial charge >= 0.3 is 5.97 Å². The number of nitrogens with one attached hydrogen (secondary N) is 1. The van der Waals surface area contributed by atoms with Gasteiger partial charge in [0.15, 0.2) is 0 Å². The fraction of sp³-hybridized carbons (Fsp3) is 0.417. The van der Waals surface area contributed by atoms with E-state index in [2.05, 4.69) is 5.32 Å². The van der Waals surface area contributed by atoms with Gasteiger partial charge < -0.3 is 15.2 Å². The number of ether oxygens (including phenoxy) is 1. The molecule has 0 heterocycles. The van der Waals surface area contributed by atoms with E-state index in [9.17, 15) is 4.79 Å². The third kappa shape index (κ3) is 5.68. The van der Waals surface area contributed by atoms with Gasteiger partial charge in [-0.25, -0.2) is 4.79 Å². The van der Waals surface area contributed by atoms with E-state index in [1.165, 1.54) is 0 Å². The maximum absolute atomic E-state index is 10.9. The molecule has 0 spiro atoms. The topological polar surface area (TPSA) is 58.6 Å². The zero-order valence-corrected chi connectivity index (χ0v) is 10.6. The second-order valence-electron chi connectivity index (χ2n) is 3.49. The van der Waals surface area contributed by atoms with Crippen molar-refractivity contribution in [1.82, 2.24) is 5.32 Å². The molecule has 0 saturated carbocycles. The van der Waals surface area contributed by atoms with Gasteiger partial charge in [0.05, 0.1) is 5.56 Å². The summed E-state index contributed by atoms with van der Waals surface area (Å²) in [5, 5.41) is 12.1. The van der Waals surface area contributed by atoms with E-state index >= 15 is 0 Å². The molecule has 17 heavy (non-hydrogen) atoms. The number of aromatic carboxylic acids is 1. The lowest BCUT2D eigenvalue weighted by atomic mass is 10.1. The van der Waals surface area contributed by atoms with Crippen molar-refractivity contribution in [2.45, 2.75) is 13.0 Å². The van der Waals surface area contributed by atoms with Crippen LogP contribution in [0.4, 0.5) is 0 Å². The van der Waals surface area contributed by atoms with Gasteiger partial charge in [0.2, 0.25) is 0 Å². The smallest absolute Gasteiger partial charge is 0.336 e. The highest BCUT2D eigenvalue weighted by Gasteiger charge is 2.07. The van der Waals surface area contributed by atoms with Crippen LogP contribution in [0.3, 0.4) is 0 Å². The minimum Gasteiger partial charge on any atom is -0.478 e. The standard InChI is InChI=1S/C12H17NO3.ClH/c1-16-8-4-7-13-9-10-5-2-3-6-11(10)12(14)15;/h2-3,5-6,13H,4,7-9H2,1H3,(H,14,15);1H. The van der Waals surface area contributed by atoms with Crippen molar-refractivity contribution in [2.24, 2.45) is 0 Å². The van der Waals surface area contributed by atoms with Crippen molar-refractivity contribution >= 4 is 18.4 Å². The quantitative estimate of drug-likeness (QED) is 0.735. The molecule has 0 aliphatic carbocycles. The summed E-state index contributed by atoms with van der Waals surface area (Å²) < 4.78 is 4.92. The van der Waals surface area contributed by atoms with Crippen LogP contribution in [-0.4, -0.2) is 31.3 Å². The molecule has 0 aliphatic heterocycles. The second kappa shape index (κ2) is 8.98. The molecule has 0 aromatic heterocycles. The Morgan fingerprint density at radius 1 is 1.41 bits per heavy atom. The third-order valence-electron chi connectivity index (χ3n) is 2.27. The highest BCUT2D eigenvalue weighted by atomic mass is 35.5. The molecule has 1 aromatic carbocycles. The normalized spacial score (nSPS) is 9.71. The summed E-state index contributed by atoms with van der Waals surface area (Å²) in [5.41, 5.74) is 1.18. The zero-order chi connectivity index (χ0) is 11.8. The summed E-state index contributed by atoms with van der Waals surface area (Å²) >= 11 is 0. The van der Waals surface area contributed by atoms with E-state index in [1.807, 2.05) is 12.1 Å². The lowest BCUT2D eigenvalue weighted by Crippen LogP contribution is -2.18. The Bertz CT molecular complexity index is 344. The molecule has 1 rings (SSSR count). The molecule has 0 fully saturated rings. The van der Waals surface area contributed by atoms with Gasteiger partial charge in [-0.3, -0.25) is 0 Å².